The topological polar surface area (TPSA) is 32.8 Å². The average molecular weight is 1070 g/mol. The second kappa shape index (κ2) is 18.6. The first-order valence-corrected chi connectivity index (χ1v) is 29.4. The third-order valence-electron chi connectivity index (χ3n) is 17.6. The minimum absolute atomic E-state index is 0.199. The van der Waals surface area contributed by atoms with E-state index in [-0.39, 0.29) is 23.0 Å². The second-order valence-corrected chi connectivity index (χ2v) is 26.0. The van der Waals surface area contributed by atoms with Crippen LogP contribution in [0.25, 0.3) is 88.4 Å². The molecule has 0 aliphatic carbocycles. The molecule has 402 valence electrons. The zero-order valence-electron chi connectivity index (χ0n) is 48.7. The lowest BCUT2D eigenvalue weighted by atomic mass is 9.33. The van der Waals surface area contributed by atoms with Gasteiger partial charge in [0.25, 0.3) is 6.71 Å². The molecule has 0 saturated carbocycles. The van der Waals surface area contributed by atoms with Crippen molar-refractivity contribution in [3.8, 4) is 44.5 Å². The van der Waals surface area contributed by atoms with E-state index in [2.05, 4.69) is 303 Å². The van der Waals surface area contributed by atoms with Crippen molar-refractivity contribution >= 4 is 101 Å². The van der Waals surface area contributed by atoms with Crippen LogP contribution >= 0.6 is 0 Å². The molecule has 0 unspecified atom stereocenters. The zero-order valence-corrected chi connectivity index (χ0v) is 48.7. The van der Waals surface area contributed by atoms with E-state index in [9.17, 15) is 0 Å². The van der Waals surface area contributed by atoms with Gasteiger partial charge in [0, 0.05) is 55.8 Å². The molecule has 2 aliphatic rings. The molecule has 5 heteroatoms. The minimum atomic E-state index is -0.278. The Morgan fingerprint density at radius 3 is 1.06 bits per heavy atom. The van der Waals surface area contributed by atoms with Crippen molar-refractivity contribution in [2.45, 2.75) is 78.6 Å². The highest BCUT2D eigenvalue weighted by atomic mass is 16.3. The van der Waals surface area contributed by atoms with Gasteiger partial charge < -0.3 is 18.6 Å². The normalized spacial score (nSPS) is 13.3. The molecule has 0 radical (unpaired) electrons. The fourth-order valence-electron chi connectivity index (χ4n) is 13.6. The average Bonchev–Trinajstić information content (AvgIpc) is 2.99. The standard InChI is InChI=1S/C78H65BN2O2/c1-76(2,3)54-44-65-71-66(45-54)81(73-58(51-32-20-13-21-33-51)47-60(78(7,8)9)75-70(73)56-35-23-25-37-68(56)83-75)64-41-39-53(49-28-16-11-17-29-49)43-62(64)79(71)61-42-52(48-26-14-10-15-27-48)38-40-63(61)80(65)72-57(50-30-18-12-19-31-50)46-59(77(4,5)6)74-69(72)55-34-22-24-36-67(55)82-74/h10-47H,1-9H3. The van der Waals surface area contributed by atoms with Crippen molar-refractivity contribution in [3.63, 3.8) is 0 Å². The summed E-state index contributed by atoms with van der Waals surface area (Å²) in [5.41, 5.74) is 26.1. The number of furan rings is 2. The van der Waals surface area contributed by atoms with Gasteiger partial charge in [-0.1, -0.05) is 244 Å². The highest BCUT2D eigenvalue weighted by Crippen LogP contribution is 2.56. The van der Waals surface area contributed by atoms with E-state index in [1.807, 2.05) is 0 Å². The van der Waals surface area contributed by atoms with Gasteiger partial charge in [-0.25, -0.2) is 0 Å². The van der Waals surface area contributed by atoms with Gasteiger partial charge in [0.05, 0.1) is 22.1 Å². The molecule has 4 heterocycles. The first-order chi connectivity index (χ1) is 40.1. The Morgan fingerprint density at radius 2 is 0.687 bits per heavy atom. The van der Waals surface area contributed by atoms with Gasteiger partial charge in [0.15, 0.2) is 0 Å². The molecule has 2 aliphatic heterocycles. The van der Waals surface area contributed by atoms with E-state index < -0.39 is 0 Å². The lowest BCUT2D eigenvalue weighted by Gasteiger charge is -2.46. The number of fused-ring (bicyclic) bond motifs is 10. The minimum Gasteiger partial charge on any atom is -0.456 e. The maximum absolute atomic E-state index is 7.23. The Hall–Kier alpha value is -9.32. The van der Waals surface area contributed by atoms with Crippen LogP contribution in [-0.2, 0) is 16.2 Å². The smallest absolute Gasteiger partial charge is 0.252 e. The summed E-state index contributed by atoms with van der Waals surface area (Å²) in [6.45, 7) is 20.8. The predicted octanol–water partition coefficient (Wildman–Crippen LogP) is 20.1. The first kappa shape index (κ1) is 50.6. The van der Waals surface area contributed by atoms with Crippen LogP contribution in [0.4, 0.5) is 34.1 Å². The van der Waals surface area contributed by atoms with Gasteiger partial charge >= 0.3 is 0 Å². The third kappa shape index (κ3) is 8.03. The molecule has 0 saturated heterocycles. The van der Waals surface area contributed by atoms with E-state index in [1.54, 1.807) is 0 Å². The number of para-hydroxylation sites is 2. The quantitative estimate of drug-likeness (QED) is 0.155. The summed E-state index contributed by atoms with van der Waals surface area (Å²) in [7, 11) is 0. The summed E-state index contributed by atoms with van der Waals surface area (Å²) in [4.78, 5) is 5.31. The molecule has 4 nitrogen and oxygen atoms in total. The van der Waals surface area contributed by atoms with Crippen molar-refractivity contribution in [1.29, 1.82) is 0 Å². The van der Waals surface area contributed by atoms with Gasteiger partial charge in [-0.05, 0) is 120 Å². The van der Waals surface area contributed by atoms with E-state index in [1.165, 1.54) is 55.3 Å². The van der Waals surface area contributed by atoms with Crippen LogP contribution in [0.5, 0.6) is 0 Å². The number of nitrogens with zero attached hydrogens (tertiary/aromatic N) is 2. The monoisotopic (exact) mass is 1070 g/mol. The summed E-state index contributed by atoms with van der Waals surface area (Å²) in [6, 6.07) is 85.7. The molecule has 11 aromatic carbocycles. The fraction of sp³-hybridized carbons (Fsp3) is 0.154. The van der Waals surface area contributed by atoms with Crippen LogP contribution < -0.4 is 26.2 Å². The third-order valence-corrected chi connectivity index (χ3v) is 17.6. The van der Waals surface area contributed by atoms with Crippen LogP contribution in [-0.4, -0.2) is 6.71 Å². The highest BCUT2D eigenvalue weighted by Gasteiger charge is 2.47. The molecule has 0 fully saturated rings. The number of rotatable bonds is 6. The van der Waals surface area contributed by atoms with Crippen molar-refractivity contribution in [2.24, 2.45) is 0 Å². The van der Waals surface area contributed by atoms with Gasteiger partial charge in [0.1, 0.15) is 22.3 Å². The first-order valence-electron chi connectivity index (χ1n) is 29.4. The van der Waals surface area contributed by atoms with E-state index >= 15 is 0 Å². The maximum atomic E-state index is 7.23. The molecule has 0 spiro atoms. The number of hydrogen-bond acceptors (Lipinski definition) is 4. The van der Waals surface area contributed by atoms with Crippen LogP contribution in [0.2, 0.25) is 0 Å². The molecule has 0 atom stereocenters. The largest absolute Gasteiger partial charge is 0.456 e. The van der Waals surface area contributed by atoms with Gasteiger partial charge in [0.2, 0.25) is 0 Å². The number of anilines is 6. The van der Waals surface area contributed by atoms with Crippen molar-refractivity contribution < 1.29 is 8.83 Å². The highest BCUT2D eigenvalue weighted by molar-refractivity contribution is 7.00. The predicted molar refractivity (Wildman–Crippen MR) is 353 cm³/mol. The van der Waals surface area contributed by atoms with Crippen LogP contribution in [0.15, 0.2) is 239 Å². The summed E-state index contributed by atoms with van der Waals surface area (Å²) in [5.74, 6) is 0. The SMILES string of the molecule is CC(C)(C)c1cc2c3c(c1)N(c1c(-c4ccccc4)cc(C(C)(C)C)c4oc5ccccc5c14)c1ccc(-c4ccccc4)cc1B3c1cc(-c3ccccc3)ccc1N2c1c(-c2ccccc2)cc(C(C)(C)C)c2oc3ccccc3c12. The van der Waals surface area contributed by atoms with Crippen LogP contribution in [0, 0.1) is 0 Å². The maximum Gasteiger partial charge on any atom is 0.252 e. The summed E-state index contributed by atoms with van der Waals surface area (Å²) in [6.07, 6.45) is 0. The van der Waals surface area contributed by atoms with E-state index in [0.717, 1.165) is 100 Å². The molecular formula is C78H65BN2O2. The van der Waals surface area contributed by atoms with Crippen molar-refractivity contribution in [2.75, 3.05) is 9.80 Å². The molecule has 0 N–H and O–H groups in total. The Kier molecular flexibility index (Phi) is 11.3. The van der Waals surface area contributed by atoms with Crippen molar-refractivity contribution in [1.82, 2.24) is 0 Å². The lowest BCUT2D eigenvalue weighted by Crippen LogP contribution is -2.61. The molecular weight excluding hydrogens is 1010 g/mol. The number of benzene rings is 11. The van der Waals surface area contributed by atoms with Gasteiger partial charge in [-0.2, -0.15) is 0 Å². The van der Waals surface area contributed by atoms with Gasteiger partial charge in [-0.3, -0.25) is 0 Å². The van der Waals surface area contributed by atoms with Crippen LogP contribution in [0.1, 0.15) is 79.0 Å². The summed E-state index contributed by atoms with van der Waals surface area (Å²) >= 11 is 0. The van der Waals surface area contributed by atoms with Crippen molar-refractivity contribution in [3.05, 3.63) is 247 Å². The summed E-state index contributed by atoms with van der Waals surface area (Å²) < 4.78 is 14.5. The number of hydrogen-bond donors (Lipinski definition) is 0. The molecule has 2 aromatic heterocycles. The molecule has 83 heavy (non-hydrogen) atoms. The zero-order chi connectivity index (χ0) is 56.7. The molecule has 13 aromatic rings. The lowest BCUT2D eigenvalue weighted by molar-refractivity contribution is 0.572. The Labute approximate surface area is 487 Å². The Balaban J connectivity index is 1.17. The van der Waals surface area contributed by atoms with E-state index in [0.29, 0.717) is 0 Å². The molecule has 15 rings (SSSR count). The summed E-state index contributed by atoms with van der Waals surface area (Å²) in [5, 5.41) is 4.39. The molecule has 0 amide bonds. The van der Waals surface area contributed by atoms with Gasteiger partial charge in [-0.15, -0.1) is 0 Å². The second-order valence-electron chi connectivity index (χ2n) is 26.0. The fourth-order valence-corrected chi connectivity index (χ4v) is 13.6. The molecule has 0 bridgehead atoms. The Bertz CT molecular complexity index is 4440. The Morgan fingerprint density at radius 1 is 0.325 bits per heavy atom. The van der Waals surface area contributed by atoms with E-state index in [4.69, 9.17) is 8.83 Å². The van der Waals surface area contributed by atoms with Crippen LogP contribution in [0.3, 0.4) is 0 Å².